The minimum Gasteiger partial charge on any atom is -0.342 e. The monoisotopic (exact) mass is 401 g/mol. The van der Waals surface area contributed by atoms with Gasteiger partial charge in [0.1, 0.15) is 0 Å². The molecule has 1 amide bonds. The molecule has 1 aliphatic heterocycles. The first kappa shape index (κ1) is 21.2. The van der Waals surface area contributed by atoms with Crippen LogP contribution in [0.3, 0.4) is 0 Å². The van der Waals surface area contributed by atoms with Crippen molar-refractivity contribution in [2.75, 3.05) is 19.6 Å². The third kappa shape index (κ3) is 4.39. The second kappa shape index (κ2) is 8.25. The number of halogens is 1. The fraction of sp³-hybridized carbons (Fsp3) is 0.611. The topological polar surface area (TPSA) is 92.5 Å². The molecule has 0 unspecified atom stereocenters. The first-order valence-corrected chi connectivity index (χ1v) is 10.4. The van der Waals surface area contributed by atoms with Gasteiger partial charge < -0.3 is 10.6 Å². The van der Waals surface area contributed by atoms with Crippen LogP contribution in [0, 0.1) is 0 Å². The molecule has 3 N–H and O–H groups in total. The smallest absolute Gasteiger partial charge is 0.241 e. The van der Waals surface area contributed by atoms with Crippen molar-refractivity contribution in [3.63, 3.8) is 0 Å². The number of hydrogen-bond acceptors (Lipinski definition) is 4. The summed E-state index contributed by atoms with van der Waals surface area (Å²) < 4.78 is 28.6. The van der Waals surface area contributed by atoms with E-state index in [1.54, 1.807) is 19.1 Å². The molecule has 1 aliphatic carbocycles. The molecule has 1 aromatic carbocycles. The Hall–Kier alpha value is -1.15. The largest absolute Gasteiger partial charge is 0.342 e. The highest BCUT2D eigenvalue weighted by Gasteiger charge is 2.37. The Labute approximate surface area is 162 Å². The maximum Gasteiger partial charge on any atom is 0.241 e. The van der Waals surface area contributed by atoms with E-state index < -0.39 is 15.6 Å². The summed E-state index contributed by atoms with van der Waals surface area (Å²) in [5.74, 6) is 0.0634. The van der Waals surface area contributed by atoms with Gasteiger partial charge in [-0.15, -0.1) is 12.4 Å². The molecule has 1 heterocycles. The Balaban J connectivity index is 0.00000243. The number of benzene rings is 1. The fourth-order valence-corrected chi connectivity index (χ4v) is 5.45. The minimum atomic E-state index is -3.60. The summed E-state index contributed by atoms with van der Waals surface area (Å²) in [7, 11) is -3.60. The van der Waals surface area contributed by atoms with Crippen LogP contribution in [0.5, 0.6) is 0 Å². The van der Waals surface area contributed by atoms with Gasteiger partial charge >= 0.3 is 0 Å². The van der Waals surface area contributed by atoms with Crippen LogP contribution >= 0.6 is 12.4 Å². The zero-order valence-corrected chi connectivity index (χ0v) is 16.8. The quantitative estimate of drug-likeness (QED) is 0.801. The van der Waals surface area contributed by atoms with Gasteiger partial charge in [-0.25, -0.2) is 13.1 Å². The van der Waals surface area contributed by atoms with Crippen LogP contribution in [0.25, 0.3) is 0 Å². The van der Waals surface area contributed by atoms with Crippen molar-refractivity contribution in [3.05, 3.63) is 29.3 Å². The fourth-order valence-electron chi connectivity index (χ4n) is 3.93. The van der Waals surface area contributed by atoms with Gasteiger partial charge in [0.15, 0.2) is 0 Å². The Bertz CT molecular complexity index is 761. The second-order valence-corrected chi connectivity index (χ2v) is 8.92. The van der Waals surface area contributed by atoms with E-state index in [-0.39, 0.29) is 18.3 Å². The Morgan fingerprint density at radius 1 is 1.19 bits per heavy atom. The number of amides is 1. The molecule has 146 valence electrons. The lowest BCUT2D eigenvalue weighted by molar-refractivity contribution is -0.128. The second-order valence-electron chi connectivity index (χ2n) is 7.23. The normalized spacial score (nSPS) is 19.4. The van der Waals surface area contributed by atoms with Gasteiger partial charge in [-0.2, -0.15) is 0 Å². The van der Waals surface area contributed by atoms with Gasteiger partial charge in [-0.3, -0.25) is 4.79 Å². The number of nitrogens with one attached hydrogen (secondary N) is 1. The molecule has 1 fully saturated rings. The van der Waals surface area contributed by atoms with Crippen LogP contribution in [0.15, 0.2) is 23.1 Å². The van der Waals surface area contributed by atoms with Crippen LogP contribution in [0.2, 0.25) is 0 Å². The molecule has 2 aliphatic rings. The highest BCUT2D eigenvalue weighted by atomic mass is 35.5. The van der Waals surface area contributed by atoms with E-state index in [1.807, 2.05) is 11.0 Å². The summed E-state index contributed by atoms with van der Waals surface area (Å²) in [5, 5.41) is 0. The van der Waals surface area contributed by atoms with Crippen LogP contribution < -0.4 is 10.5 Å². The van der Waals surface area contributed by atoms with Crippen LogP contribution in [-0.2, 0) is 27.7 Å². The number of carbonyl (C=O) groups excluding carboxylic acids is 1. The molecule has 1 aromatic rings. The summed E-state index contributed by atoms with van der Waals surface area (Å²) in [6, 6.07) is 5.32. The maximum absolute atomic E-state index is 12.9. The standard InChI is InChI=1S/C18H27N3O3S.ClH/c1-14(22)21-10-6-15-4-5-17(12-16(15)7-11-21)25(23,24)20-18(13-19)8-2-3-9-18;/h4-5,12,20H,2-3,6-11,13,19H2,1H3;1H. The van der Waals surface area contributed by atoms with Crippen molar-refractivity contribution in [2.45, 2.75) is 55.9 Å². The van der Waals surface area contributed by atoms with E-state index in [2.05, 4.69) is 4.72 Å². The molecule has 0 spiro atoms. The van der Waals surface area contributed by atoms with E-state index in [4.69, 9.17) is 5.73 Å². The molecule has 6 nitrogen and oxygen atoms in total. The SMILES string of the molecule is CC(=O)N1CCc2ccc(S(=O)(=O)NC3(CN)CCCC3)cc2CC1.Cl. The molecule has 0 atom stereocenters. The van der Waals surface area contributed by atoms with Crippen LogP contribution in [0.1, 0.15) is 43.7 Å². The number of sulfonamides is 1. The molecule has 0 aromatic heterocycles. The summed E-state index contributed by atoms with van der Waals surface area (Å²) in [4.78, 5) is 13.7. The van der Waals surface area contributed by atoms with E-state index >= 15 is 0 Å². The molecule has 1 saturated carbocycles. The molecule has 0 bridgehead atoms. The highest BCUT2D eigenvalue weighted by Crippen LogP contribution is 2.31. The van der Waals surface area contributed by atoms with Crippen LogP contribution in [-0.4, -0.2) is 44.4 Å². The predicted molar refractivity (Wildman–Crippen MR) is 104 cm³/mol. The summed E-state index contributed by atoms with van der Waals surface area (Å²) >= 11 is 0. The van der Waals surface area contributed by atoms with Gasteiger partial charge in [0.25, 0.3) is 0 Å². The maximum atomic E-state index is 12.9. The number of carbonyl (C=O) groups is 1. The number of rotatable bonds is 4. The van der Waals surface area contributed by atoms with Crippen LogP contribution in [0.4, 0.5) is 0 Å². The average Bonchev–Trinajstić information content (AvgIpc) is 2.92. The molecular formula is C18H28ClN3O3S. The Morgan fingerprint density at radius 3 is 2.38 bits per heavy atom. The zero-order valence-electron chi connectivity index (χ0n) is 15.2. The lowest BCUT2D eigenvalue weighted by Gasteiger charge is -2.28. The van der Waals surface area contributed by atoms with E-state index in [1.165, 1.54) is 0 Å². The van der Waals surface area contributed by atoms with Gasteiger partial charge in [-0.05, 0) is 48.9 Å². The van der Waals surface area contributed by atoms with E-state index in [0.717, 1.165) is 43.2 Å². The number of fused-ring (bicyclic) bond motifs is 1. The molecule has 0 saturated heterocycles. The third-order valence-electron chi connectivity index (χ3n) is 5.54. The molecule has 3 rings (SSSR count). The van der Waals surface area contributed by atoms with Gasteiger partial charge in [0, 0.05) is 32.1 Å². The lowest BCUT2D eigenvalue weighted by atomic mass is 10.0. The van der Waals surface area contributed by atoms with Crippen molar-refractivity contribution >= 4 is 28.3 Å². The lowest BCUT2D eigenvalue weighted by Crippen LogP contribution is -2.51. The van der Waals surface area contributed by atoms with Crippen molar-refractivity contribution in [2.24, 2.45) is 5.73 Å². The summed E-state index contributed by atoms with van der Waals surface area (Å²) in [5.41, 5.74) is 7.50. The first-order chi connectivity index (χ1) is 11.9. The van der Waals surface area contributed by atoms with Gasteiger partial charge in [-0.1, -0.05) is 18.9 Å². The molecule has 8 heteroatoms. The Morgan fingerprint density at radius 2 is 1.81 bits per heavy atom. The Kier molecular flexibility index (Phi) is 6.71. The zero-order chi connectivity index (χ0) is 18.1. The van der Waals surface area contributed by atoms with Crippen molar-refractivity contribution in [1.82, 2.24) is 9.62 Å². The minimum absolute atomic E-state index is 0. The predicted octanol–water partition coefficient (Wildman–Crippen LogP) is 1.61. The molecular weight excluding hydrogens is 374 g/mol. The summed E-state index contributed by atoms with van der Waals surface area (Å²) in [6.45, 7) is 3.21. The number of nitrogens with two attached hydrogens (primary N) is 1. The first-order valence-electron chi connectivity index (χ1n) is 8.97. The highest BCUT2D eigenvalue weighted by molar-refractivity contribution is 7.89. The van der Waals surface area contributed by atoms with Crippen molar-refractivity contribution < 1.29 is 13.2 Å². The summed E-state index contributed by atoms with van der Waals surface area (Å²) in [6.07, 6.45) is 5.04. The van der Waals surface area contributed by atoms with E-state index in [9.17, 15) is 13.2 Å². The number of nitrogens with zero attached hydrogens (tertiary/aromatic N) is 1. The molecule has 26 heavy (non-hydrogen) atoms. The third-order valence-corrected chi connectivity index (χ3v) is 7.11. The van der Waals surface area contributed by atoms with E-state index in [0.29, 0.717) is 31.0 Å². The van der Waals surface area contributed by atoms with Gasteiger partial charge in [0.05, 0.1) is 4.90 Å². The van der Waals surface area contributed by atoms with Gasteiger partial charge in [0.2, 0.25) is 15.9 Å². The number of hydrogen-bond donors (Lipinski definition) is 2. The van der Waals surface area contributed by atoms with Crippen molar-refractivity contribution in [3.8, 4) is 0 Å². The van der Waals surface area contributed by atoms with Crippen molar-refractivity contribution in [1.29, 1.82) is 0 Å². The molecule has 0 radical (unpaired) electrons. The average molecular weight is 402 g/mol.